The molecule has 178 valence electrons. The van der Waals surface area contributed by atoms with Crippen LogP contribution < -0.4 is 14.8 Å². The highest BCUT2D eigenvalue weighted by Gasteiger charge is 2.42. The summed E-state index contributed by atoms with van der Waals surface area (Å²) < 4.78 is 10.6. The second-order valence-corrected chi connectivity index (χ2v) is 9.84. The van der Waals surface area contributed by atoms with Crippen LogP contribution in [-0.4, -0.2) is 53.2 Å². The van der Waals surface area contributed by atoms with Crippen molar-refractivity contribution in [2.24, 2.45) is 15.9 Å². The summed E-state index contributed by atoms with van der Waals surface area (Å²) in [5, 5.41) is 2.83. The summed E-state index contributed by atoms with van der Waals surface area (Å²) in [6.45, 7) is 5.92. The normalized spacial score (nSPS) is 17.5. The fraction of sp³-hybridized carbons (Fsp3) is 0.360. The number of methoxy groups -OCH3 is 2. The number of hydrogen-bond acceptors (Lipinski definition) is 7. The third-order valence-electron chi connectivity index (χ3n) is 5.51. The quantitative estimate of drug-likeness (QED) is 0.631. The van der Waals surface area contributed by atoms with Crippen LogP contribution in [-0.2, 0) is 9.59 Å². The average molecular weight is 481 g/mol. The second kappa shape index (κ2) is 9.89. The number of benzene rings is 2. The molecule has 2 atom stereocenters. The van der Waals surface area contributed by atoms with Gasteiger partial charge in [0.2, 0.25) is 5.91 Å². The maximum absolute atomic E-state index is 13.3. The molecule has 8 nitrogen and oxygen atoms in total. The zero-order chi connectivity index (χ0) is 24.4. The molecule has 0 bridgehead atoms. The van der Waals surface area contributed by atoms with E-state index in [2.05, 4.69) is 19.2 Å². The van der Waals surface area contributed by atoms with E-state index >= 15 is 0 Å². The highest BCUT2D eigenvalue weighted by Crippen LogP contribution is 2.36. The number of fused-ring (bicyclic) bond motifs is 3. The second-order valence-electron chi connectivity index (χ2n) is 8.53. The van der Waals surface area contributed by atoms with E-state index in [1.54, 1.807) is 44.2 Å². The molecule has 2 aromatic rings. The van der Waals surface area contributed by atoms with Crippen molar-refractivity contribution in [1.82, 2.24) is 4.90 Å². The Kier molecular flexibility index (Phi) is 6.92. The number of carbonyl (C=O) groups is 2. The number of hydrogen-bond donors (Lipinski definition) is 1. The SMILES string of the molecule is COc1cc(NC(=O)[C@@H](C)SC2=Nc3ccccc3C3=N[C@H](CC(C)C)C(=O)N23)cc(OC)c1. The van der Waals surface area contributed by atoms with Gasteiger partial charge in [-0.2, -0.15) is 0 Å². The summed E-state index contributed by atoms with van der Waals surface area (Å²) in [7, 11) is 3.10. The molecule has 0 radical (unpaired) electrons. The maximum atomic E-state index is 13.3. The van der Waals surface area contributed by atoms with Crippen molar-refractivity contribution >= 4 is 46.0 Å². The zero-order valence-corrected chi connectivity index (χ0v) is 20.7. The van der Waals surface area contributed by atoms with E-state index in [1.165, 1.54) is 11.8 Å². The number of para-hydroxylation sites is 1. The molecule has 34 heavy (non-hydrogen) atoms. The number of nitrogens with zero attached hydrogens (tertiary/aromatic N) is 3. The van der Waals surface area contributed by atoms with Gasteiger partial charge in [-0.05, 0) is 31.4 Å². The average Bonchev–Trinajstić information content (AvgIpc) is 3.14. The van der Waals surface area contributed by atoms with Gasteiger partial charge in [0.25, 0.3) is 5.91 Å². The summed E-state index contributed by atoms with van der Waals surface area (Å²) in [6.07, 6.45) is 0.659. The van der Waals surface area contributed by atoms with Crippen LogP contribution in [0.5, 0.6) is 11.5 Å². The van der Waals surface area contributed by atoms with E-state index in [0.717, 1.165) is 11.3 Å². The first-order valence-corrected chi connectivity index (χ1v) is 12.0. The first kappa shape index (κ1) is 23.8. The number of anilines is 1. The van der Waals surface area contributed by atoms with Crippen molar-refractivity contribution in [3.8, 4) is 11.5 Å². The minimum atomic E-state index is -0.528. The van der Waals surface area contributed by atoms with Crippen molar-refractivity contribution in [3.05, 3.63) is 48.0 Å². The van der Waals surface area contributed by atoms with Crippen molar-refractivity contribution < 1.29 is 19.1 Å². The van der Waals surface area contributed by atoms with E-state index in [9.17, 15) is 9.59 Å². The number of rotatable bonds is 7. The number of carbonyl (C=O) groups excluding carboxylic acids is 2. The number of amidine groups is 2. The molecule has 0 unspecified atom stereocenters. The third-order valence-corrected chi connectivity index (χ3v) is 6.57. The highest BCUT2D eigenvalue weighted by molar-refractivity contribution is 8.15. The lowest BCUT2D eigenvalue weighted by molar-refractivity contribution is -0.125. The van der Waals surface area contributed by atoms with Crippen LogP contribution in [0.2, 0.25) is 0 Å². The van der Waals surface area contributed by atoms with E-state index in [0.29, 0.717) is 40.5 Å². The number of ether oxygens (including phenoxy) is 2. The summed E-state index contributed by atoms with van der Waals surface area (Å²) in [4.78, 5) is 37.3. The van der Waals surface area contributed by atoms with Crippen LogP contribution in [0, 0.1) is 5.92 Å². The van der Waals surface area contributed by atoms with Gasteiger partial charge >= 0.3 is 0 Å². The van der Waals surface area contributed by atoms with Crippen LogP contribution in [0.1, 0.15) is 32.8 Å². The Labute approximate surface area is 203 Å². The van der Waals surface area contributed by atoms with Gasteiger partial charge in [0.1, 0.15) is 23.4 Å². The Morgan fingerprint density at radius 1 is 1.12 bits per heavy atom. The number of amides is 2. The number of thioether (sulfide) groups is 1. The Balaban J connectivity index is 1.57. The molecule has 0 aromatic heterocycles. The number of nitrogens with one attached hydrogen (secondary N) is 1. The molecule has 4 rings (SSSR count). The molecule has 0 saturated heterocycles. The molecule has 0 aliphatic carbocycles. The van der Waals surface area contributed by atoms with Crippen LogP contribution in [0.3, 0.4) is 0 Å². The predicted octanol–water partition coefficient (Wildman–Crippen LogP) is 4.47. The van der Waals surface area contributed by atoms with Crippen LogP contribution in [0.25, 0.3) is 0 Å². The Morgan fingerprint density at radius 2 is 1.79 bits per heavy atom. The molecule has 1 N–H and O–H groups in total. The van der Waals surface area contributed by atoms with E-state index in [1.807, 2.05) is 24.3 Å². The molecule has 2 aliphatic heterocycles. The third kappa shape index (κ3) is 4.79. The first-order chi connectivity index (χ1) is 16.3. The molecular weight excluding hydrogens is 452 g/mol. The van der Waals surface area contributed by atoms with Crippen molar-refractivity contribution in [1.29, 1.82) is 0 Å². The molecule has 0 fully saturated rings. The van der Waals surface area contributed by atoms with Gasteiger partial charge in [-0.15, -0.1) is 0 Å². The van der Waals surface area contributed by atoms with Crippen LogP contribution in [0.15, 0.2) is 52.4 Å². The summed E-state index contributed by atoms with van der Waals surface area (Å²) >= 11 is 1.23. The Morgan fingerprint density at radius 3 is 2.44 bits per heavy atom. The molecule has 9 heteroatoms. The summed E-state index contributed by atoms with van der Waals surface area (Å²) in [5.74, 6) is 1.74. The molecule has 0 saturated carbocycles. The molecular formula is C25H28N4O4S. The van der Waals surface area contributed by atoms with Crippen molar-refractivity contribution in [2.45, 2.75) is 38.5 Å². The van der Waals surface area contributed by atoms with Crippen molar-refractivity contribution in [3.63, 3.8) is 0 Å². The largest absolute Gasteiger partial charge is 0.497 e. The molecule has 2 heterocycles. The predicted molar refractivity (Wildman–Crippen MR) is 135 cm³/mol. The van der Waals surface area contributed by atoms with Gasteiger partial charge < -0.3 is 14.8 Å². The topological polar surface area (TPSA) is 92.6 Å². The van der Waals surface area contributed by atoms with Gasteiger partial charge in [-0.25, -0.2) is 9.89 Å². The minimum absolute atomic E-state index is 0.102. The highest BCUT2D eigenvalue weighted by atomic mass is 32.2. The fourth-order valence-corrected chi connectivity index (χ4v) is 4.73. The van der Waals surface area contributed by atoms with Gasteiger partial charge in [-0.3, -0.25) is 14.6 Å². The smallest absolute Gasteiger partial charge is 0.259 e. The van der Waals surface area contributed by atoms with Crippen molar-refractivity contribution in [2.75, 3.05) is 19.5 Å². The zero-order valence-electron chi connectivity index (χ0n) is 19.9. The van der Waals surface area contributed by atoms with E-state index in [-0.39, 0.29) is 11.8 Å². The van der Waals surface area contributed by atoms with Gasteiger partial charge in [0.15, 0.2) is 5.17 Å². The summed E-state index contributed by atoms with van der Waals surface area (Å²) in [5.41, 5.74) is 2.12. The summed E-state index contributed by atoms with van der Waals surface area (Å²) in [6, 6.07) is 12.3. The van der Waals surface area contributed by atoms with Crippen LogP contribution >= 0.6 is 11.8 Å². The monoisotopic (exact) mass is 480 g/mol. The minimum Gasteiger partial charge on any atom is -0.497 e. The standard InChI is InChI=1S/C25H28N4O4S/c1-14(2)10-21-24(31)29-22(27-21)19-8-6-7-9-20(19)28-25(29)34-15(3)23(30)26-16-11-17(32-4)13-18(12-16)33-5/h6-9,11-15,21H,10H2,1-5H3,(H,26,30)/t15-,21-/m1/s1. The first-order valence-electron chi connectivity index (χ1n) is 11.1. The molecule has 2 aromatic carbocycles. The Hall–Kier alpha value is -3.33. The van der Waals surface area contributed by atoms with E-state index in [4.69, 9.17) is 19.5 Å². The fourth-order valence-electron chi connectivity index (χ4n) is 3.82. The molecule has 2 amide bonds. The van der Waals surface area contributed by atoms with Gasteiger partial charge in [-0.1, -0.05) is 37.7 Å². The van der Waals surface area contributed by atoms with Crippen LogP contribution in [0.4, 0.5) is 11.4 Å². The Bertz CT molecular complexity index is 1160. The molecule has 2 aliphatic rings. The lowest BCUT2D eigenvalue weighted by atomic mass is 10.0. The molecule has 0 spiro atoms. The lowest BCUT2D eigenvalue weighted by Crippen LogP contribution is -2.42. The van der Waals surface area contributed by atoms with E-state index < -0.39 is 11.3 Å². The van der Waals surface area contributed by atoms with Gasteiger partial charge in [0.05, 0.1) is 25.2 Å². The maximum Gasteiger partial charge on any atom is 0.259 e. The number of aliphatic imine (C=N–C) groups is 2. The van der Waals surface area contributed by atoms with Gasteiger partial charge in [0, 0.05) is 29.4 Å². The lowest BCUT2D eigenvalue weighted by Gasteiger charge is -2.27.